The minimum absolute atomic E-state index is 0.381. The van der Waals surface area contributed by atoms with Gasteiger partial charge in [-0.3, -0.25) is 4.79 Å². The van der Waals surface area contributed by atoms with Gasteiger partial charge in [0.15, 0.2) is 0 Å². The van der Waals surface area contributed by atoms with E-state index in [-0.39, 0.29) is 6.03 Å². The van der Waals surface area contributed by atoms with Crippen LogP contribution in [0.3, 0.4) is 0 Å². The number of carbonyl (C=O) groups is 2. The Hall–Kier alpha value is -1.08. The van der Waals surface area contributed by atoms with E-state index in [0.29, 0.717) is 6.54 Å². The standard InChI is InChI=1S/C13H19BrN2O3S/c1-12(2,10(17)18)13(3,4)16-11(19)15-6-9-5-8(14)7-20-9/h5,7H,6H2,1-4H3,(H,17,18)(H2,15,16,19). The minimum Gasteiger partial charge on any atom is -0.481 e. The van der Waals surface area contributed by atoms with Crippen LogP contribution in [0.15, 0.2) is 15.9 Å². The molecule has 1 rings (SSSR count). The minimum atomic E-state index is -1.07. The summed E-state index contributed by atoms with van der Waals surface area (Å²) in [5, 5.41) is 16.6. The molecule has 20 heavy (non-hydrogen) atoms. The van der Waals surface area contributed by atoms with Gasteiger partial charge in [-0.25, -0.2) is 4.79 Å². The number of carboxylic acid groups (broad SMARTS) is 1. The van der Waals surface area contributed by atoms with Gasteiger partial charge in [-0.1, -0.05) is 0 Å². The van der Waals surface area contributed by atoms with Crippen LogP contribution in [0.2, 0.25) is 0 Å². The molecule has 0 bridgehead atoms. The van der Waals surface area contributed by atoms with Crippen LogP contribution >= 0.6 is 27.3 Å². The first-order chi connectivity index (χ1) is 9.06. The summed E-state index contributed by atoms with van der Waals surface area (Å²) in [5.74, 6) is -0.954. The molecule has 0 fully saturated rings. The highest BCUT2D eigenvalue weighted by Crippen LogP contribution is 2.30. The number of aliphatic carboxylic acids is 1. The Morgan fingerprint density at radius 2 is 1.95 bits per heavy atom. The lowest BCUT2D eigenvalue weighted by atomic mass is 9.74. The molecule has 2 amide bonds. The van der Waals surface area contributed by atoms with E-state index >= 15 is 0 Å². The third-order valence-electron chi connectivity index (χ3n) is 3.57. The molecular weight excluding hydrogens is 344 g/mol. The van der Waals surface area contributed by atoms with Gasteiger partial charge >= 0.3 is 12.0 Å². The first kappa shape index (κ1) is 17.0. The Morgan fingerprint density at radius 1 is 1.35 bits per heavy atom. The summed E-state index contributed by atoms with van der Waals surface area (Å²) in [6, 6.07) is 1.55. The second-order valence-corrected chi connectivity index (χ2v) is 7.51. The summed E-state index contributed by atoms with van der Waals surface area (Å²) in [5.41, 5.74) is -1.95. The highest BCUT2D eigenvalue weighted by atomic mass is 79.9. The van der Waals surface area contributed by atoms with Gasteiger partial charge in [0, 0.05) is 14.7 Å². The molecule has 1 aromatic heterocycles. The van der Waals surface area contributed by atoms with E-state index in [0.717, 1.165) is 9.35 Å². The van der Waals surface area contributed by atoms with Crippen molar-refractivity contribution in [3.63, 3.8) is 0 Å². The van der Waals surface area contributed by atoms with Crippen molar-refractivity contribution in [3.8, 4) is 0 Å². The number of carbonyl (C=O) groups excluding carboxylic acids is 1. The average Bonchev–Trinajstić information content (AvgIpc) is 2.71. The Morgan fingerprint density at radius 3 is 2.40 bits per heavy atom. The van der Waals surface area contributed by atoms with Crippen molar-refractivity contribution in [2.75, 3.05) is 0 Å². The smallest absolute Gasteiger partial charge is 0.315 e. The predicted molar refractivity (Wildman–Crippen MR) is 82.9 cm³/mol. The Kier molecular flexibility index (Phi) is 5.21. The van der Waals surface area contributed by atoms with Crippen molar-refractivity contribution in [2.24, 2.45) is 5.41 Å². The van der Waals surface area contributed by atoms with Crippen LogP contribution in [0.25, 0.3) is 0 Å². The van der Waals surface area contributed by atoms with Gasteiger partial charge in [0.25, 0.3) is 0 Å². The molecule has 0 aromatic carbocycles. The molecular formula is C13H19BrN2O3S. The molecule has 0 aliphatic heterocycles. The SMILES string of the molecule is CC(C)(NC(=O)NCc1cc(Br)cs1)C(C)(C)C(=O)O. The lowest BCUT2D eigenvalue weighted by molar-refractivity contribution is -0.150. The van der Waals surface area contributed by atoms with Crippen molar-refractivity contribution < 1.29 is 14.7 Å². The van der Waals surface area contributed by atoms with Gasteiger partial charge in [0.2, 0.25) is 0 Å². The lowest BCUT2D eigenvalue weighted by Crippen LogP contribution is -2.58. The van der Waals surface area contributed by atoms with Crippen molar-refractivity contribution in [1.29, 1.82) is 0 Å². The predicted octanol–water partition coefficient (Wildman–Crippen LogP) is 3.20. The summed E-state index contributed by atoms with van der Waals surface area (Å²) < 4.78 is 0.979. The summed E-state index contributed by atoms with van der Waals surface area (Å²) in [6.45, 7) is 6.98. The molecule has 112 valence electrons. The van der Waals surface area contributed by atoms with Gasteiger partial charge in [-0.15, -0.1) is 11.3 Å². The molecule has 0 spiro atoms. The van der Waals surface area contributed by atoms with Gasteiger partial charge in [-0.05, 0) is 49.7 Å². The number of hydrogen-bond acceptors (Lipinski definition) is 3. The second-order valence-electron chi connectivity index (χ2n) is 5.59. The summed E-state index contributed by atoms with van der Waals surface area (Å²) in [4.78, 5) is 24.2. The molecule has 0 aliphatic carbocycles. The fraction of sp³-hybridized carbons (Fsp3) is 0.538. The van der Waals surface area contributed by atoms with Crippen molar-refractivity contribution in [2.45, 2.75) is 39.8 Å². The van der Waals surface area contributed by atoms with E-state index in [1.165, 1.54) is 11.3 Å². The molecule has 0 saturated carbocycles. The van der Waals surface area contributed by atoms with E-state index in [1.807, 2.05) is 11.4 Å². The summed E-state index contributed by atoms with van der Waals surface area (Å²) >= 11 is 4.88. The maximum atomic E-state index is 11.9. The number of nitrogens with one attached hydrogen (secondary N) is 2. The molecule has 3 N–H and O–H groups in total. The quantitative estimate of drug-likeness (QED) is 0.752. The summed E-state index contributed by atoms with van der Waals surface area (Å²) in [6.07, 6.45) is 0. The molecule has 0 aliphatic rings. The molecule has 0 atom stereocenters. The fourth-order valence-electron chi connectivity index (χ4n) is 1.37. The topological polar surface area (TPSA) is 78.4 Å². The normalized spacial score (nSPS) is 12.1. The maximum Gasteiger partial charge on any atom is 0.315 e. The van der Waals surface area contributed by atoms with Gasteiger partial charge in [0.1, 0.15) is 0 Å². The van der Waals surface area contributed by atoms with Crippen LogP contribution < -0.4 is 10.6 Å². The van der Waals surface area contributed by atoms with E-state index in [2.05, 4.69) is 26.6 Å². The molecule has 0 saturated heterocycles. The third kappa shape index (κ3) is 3.96. The number of amides is 2. The molecule has 0 unspecified atom stereocenters. The van der Waals surface area contributed by atoms with Crippen LogP contribution in [0, 0.1) is 5.41 Å². The zero-order valence-corrected chi connectivity index (χ0v) is 14.3. The Bertz CT molecular complexity index is 511. The number of thiophene rings is 1. The first-order valence-electron chi connectivity index (χ1n) is 6.08. The lowest BCUT2D eigenvalue weighted by Gasteiger charge is -2.38. The van der Waals surface area contributed by atoms with Crippen LogP contribution in [0.4, 0.5) is 4.79 Å². The van der Waals surface area contributed by atoms with E-state index in [9.17, 15) is 14.7 Å². The molecule has 1 aromatic rings. The number of rotatable bonds is 5. The number of carboxylic acids is 1. The first-order valence-corrected chi connectivity index (χ1v) is 7.76. The summed E-state index contributed by atoms with van der Waals surface area (Å²) in [7, 11) is 0. The monoisotopic (exact) mass is 362 g/mol. The van der Waals surface area contributed by atoms with Crippen molar-refractivity contribution in [3.05, 3.63) is 20.8 Å². The number of hydrogen-bond donors (Lipinski definition) is 3. The van der Waals surface area contributed by atoms with Crippen LogP contribution in [-0.2, 0) is 11.3 Å². The number of halogens is 1. The maximum absolute atomic E-state index is 11.9. The van der Waals surface area contributed by atoms with Crippen molar-refractivity contribution >= 4 is 39.3 Å². The van der Waals surface area contributed by atoms with E-state index in [4.69, 9.17) is 0 Å². The second kappa shape index (κ2) is 6.13. The highest BCUT2D eigenvalue weighted by molar-refractivity contribution is 9.10. The molecule has 0 radical (unpaired) electrons. The largest absolute Gasteiger partial charge is 0.481 e. The zero-order valence-electron chi connectivity index (χ0n) is 11.9. The average molecular weight is 363 g/mol. The fourth-order valence-corrected chi connectivity index (χ4v) is 2.76. The molecule has 5 nitrogen and oxygen atoms in total. The van der Waals surface area contributed by atoms with Crippen molar-refractivity contribution in [1.82, 2.24) is 10.6 Å². The molecule has 7 heteroatoms. The highest BCUT2D eigenvalue weighted by Gasteiger charge is 2.44. The van der Waals surface area contributed by atoms with Gasteiger partial charge in [-0.2, -0.15) is 0 Å². The van der Waals surface area contributed by atoms with E-state index < -0.39 is 16.9 Å². The Balaban J connectivity index is 2.59. The van der Waals surface area contributed by atoms with Gasteiger partial charge in [0.05, 0.1) is 17.5 Å². The van der Waals surface area contributed by atoms with Crippen LogP contribution in [-0.4, -0.2) is 22.6 Å². The third-order valence-corrected chi connectivity index (χ3v) is 5.27. The number of urea groups is 1. The zero-order chi connectivity index (χ0) is 15.6. The van der Waals surface area contributed by atoms with E-state index in [1.54, 1.807) is 27.7 Å². The Labute approximate surface area is 130 Å². The molecule has 1 heterocycles. The van der Waals surface area contributed by atoms with Crippen LogP contribution in [0.1, 0.15) is 32.6 Å². The van der Waals surface area contributed by atoms with Crippen LogP contribution in [0.5, 0.6) is 0 Å². The van der Waals surface area contributed by atoms with Gasteiger partial charge < -0.3 is 15.7 Å².